The number of carbonyl (C=O) groups excluding carboxylic acids is 1. The van der Waals surface area contributed by atoms with Crippen LogP contribution in [0.25, 0.3) is 0 Å². The number of hydrogen-bond acceptors (Lipinski definition) is 3. The van der Waals surface area contributed by atoms with E-state index in [1.54, 1.807) is 12.1 Å². The molecule has 0 radical (unpaired) electrons. The second-order valence-electron chi connectivity index (χ2n) is 7.35. The average molecular weight is 366 g/mol. The molecule has 144 valence electrons. The molecule has 6 heteroatoms. The summed E-state index contributed by atoms with van der Waals surface area (Å²) in [7, 11) is 0. The zero-order valence-electron chi connectivity index (χ0n) is 15.1. The van der Waals surface area contributed by atoms with Crippen molar-refractivity contribution >= 4 is 5.91 Å². The number of amides is 1. The van der Waals surface area contributed by atoms with Crippen LogP contribution in [0.15, 0.2) is 24.3 Å². The SMILES string of the molecule is O=C(CN1CCC[C@H]2CCCC[C@@H]21)NCCc1ccc(OC(F)F)cc1. The lowest BCUT2D eigenvalue weighted by atomic mass is 9.78. The van der Waals surface area contributed by atoms with Crippen LogP contribution in [0.5, 0.6) is 5.75 Å². The molecule has 1 aromatic rings. The van der Waals surface area contributed by atoms with Crippen molar-refractivity contribution in [3.63, 3.8) is 0 Å². The highest BCUT2D eigenvalue weighted by atomic mass is 19.3. The van der Waals surface area contributed by atoms with Crippen molar-refractivity contribution in [2.24, 2.45) is 5.92 Å². The van der Waals surface area contributed by atoms with E-state index in [0.29, 0.717) is 25.6 Å². The first-order chi connectivity index (χ1) is 12.6. The first-order valence-corrected chi connectivity index (χ1v) is 9.66. The molecule has 26 heavy (non-hydrogen) atoms. The van der Waals surface area contributed by atoms with Crippen LogP contribution in [0.1, 0.15) is 44.1 Å². The molecule has 0 unspecified atom stereocenters. The lowest BCUT2D eigenvalue weighted by Crippen LogP contribution is -2.50. The summed E-state index contributed by atoms with van der Waals surface area (Å²) in [5, 5.41) is 2.99. The molecule has 0 bridgehead atoms. The molecule has 1 N–H and O–H groups in total. The van der Waals surface area contributed by atoms with Crippen LogP contribution in [0.3, 0.4) is 0 Å². The van der Waals surface area contributed by atoms with E-state index in [0.717, 1.165) is 18.0 Å². The van der Waals surface area contributed by atoms with Gasteiger partial charge in [-0.2, -0.15) is 8.78 Å². The fraction of sp³-hybridized carbons (Fsp3) is 0.650. The number of nitrogens with one attached hydrogen (secondary N) is 1. The van der Waals surface area contributed by atoms with E-state index in [-0.39, 0.29) is 11.7 Å². The van der Waals surface area contributed by atoms with Gasteiger partial charge in [0.25, 0.3) is 0 Å². The normalized spacial score (nSPS) is 23.5. The quantitative estimate of drug-likeness (QED) is 0.802. The maximum Gasteiger partial charge on any atom is 0.387 e. The van der Waals surface area contributed by atoms with Crippen molar-refractivity contribution in [1.82, 2.24) is 10.2 Å². The summed E-state index contributed by atoms with van der Waals surface area (Å²) in [6.45, 7) is -0.739. The zero-order chi connectivity index (χ0) is 18.4. The highest BCUT2D eigenvalue weighted by Gasteiger charge is 2.33. The standard InChI is InChI=1S/C20H28F2N2O2/c21-20(22)26-17-9-7-15(8-10-17)11-12-23-19(25)14-24-13-3-5-16-4-1-2-6-18(16)24/h7-10,16,18,20H,1-6,11-14H2,(H,23,25)/t16-,18+/m1/s1. The first kappa shape index (κ1) is 19.1. The van der Waals surface area contributed by atoms with Crippen molar-refractivity contribution in [3.8, 4) is 5.75 Å². The number of carbonyl (C=O) groups is 1. The zero-order valence-corrected chi connectivity index (χ0v) is 15.1. The number of nitrogens with zero attached hydrogens (tertiary/aromatic N) is 1. The molecule has 0 spiro atoms. The molecule has 1 heterocycles. The van der Waals surface area contributed by atoms with E-state index in [1.165, 1.54) is 50.7 Å². The lowest BCUT2D eigenvalue weighted by molar-refractivity contribution is -0.123. The Hall–Kier alpha value is -1.69. The molecule has 2 atom stereocenters. The minimum atomic E-state index is -2.81. The van der Waals surface area contributed by atoms with Gasteiger partial charge in [0.1, 0.15) is 5.75 Å². The van der Waals surface area contributed by atoms with Gasteiger partial charge in [-0.1, -0.05) is 25.0 Å². The Bertz CT molecular complexity index is 578. The Morgan fingerprint density at radius 3 is 2.65 bits per heavy atom. The molecule has 1 saturated carbocycles. The second kappa shape index (κ2) is 9.31. The van der Waals surface area contributed by atoms with Crippen LogP contribution in [0.2, 0.25) is 0 Å². The number of benzene rings is 1. The van der Waals surface area contributed by atoms with E-state index in [2.05, 4.69) is 15.0 Å². The third kappa shape index (κ3) is 5.40. The summed E-state index contributed by atoms with van der Waals surface area (Å²) in [6, 6.07) is 7.15. The summed E-state index contributed by atoms with van der Waals surface area (Å²) in [6.07, 6.45) is 8.34. The van der Waals surface area contributed by atoms with Crippen LogP contribution >= 0.6 is 0 Å². The van der Waals surface area contributed by atoms with E-state index >= 15 is 0 Å². The summed E-state index contributed by atoms with van der Waals surface area (Å²) in [4.78, 5) is 14.7. The molecular formula is C20H28F2N2O2. The van der Waals surface area contributed by atoms with Gasteiger partial charge < -0.3 is 10.1 Å². The Morgan fingerprint density at radius 1 is 1.15 bits per heavy atom. The van der Waals surface area contributed by atoms with Gasteiger partial charge in [0.15, 0.2) is 0 Å². The predicted octanol–water partition coefficient (Wildman–Crippen LogP) is 3.60. The summed E-state index contributed by atoms with van der Waals surface area (Å²) in [5.74, 6) is 1.01. The molecule has 3 rings (SSSR count). The van der Waals surface area contributed by atoms with Crippen LogP contribution in [-0.4, -0.2) is 43.1 Å². The minimum Gasteiger partial charge on any atom is -0.435 e. The number of fused-ring (bicyclic) bond motifs is 1. The van der Waals surface area contributed by atoms with E-state index in [4.69, 9.17) is 0 Å². The third-order valence-electron chi connectivity index (χ3n) is 5.59. The van der Waals surface area contributed by atoms with Crippen LogP contribution in [0, 0.1) is 5.92 Å². The summed E-state index contributed by atoms with van der Waals surface area (Å²) in [5.41, 5.74) is 0.984. The van der Waals surface area contributed by atoms with Crippen molar-refractivity contribution in [2.45, 2.75) is 57.6 Å². The largest absolute Gasteiger partial charge is 0.435 e. The summed E-state index contributed by atoms with van der Waals surface area (Å²) < 4.78 is 28.6. The van der Waals surface area contributed by atoms with E-state index in [1.807, 2.05) is 0 Å². The smallest absolute Gasteiger partial charge is 0.387 e. The van der Waals surface area contributed by atoms with Crippen molar-refractivity contribution in [1.29, 1.82) is 0 Å². The Balaban J connectivity index is 1.40. The van der Waals surface area contributed by atoms with Gasteiger partial charge in [-0.15, -0.1) is 0 Å². The predicted molar refractivity (Wildman–Crippen MR) is 96.3 cm³/mol. The highest BCUT2D eigenvalue weighted by Crippen LogP contribution is 2.34. The summed E-state index contributed by atoms with van der Waals surface area (Å²) >= 11 is 0. The number of rotatable bonds is 7. The second-order valence-corrected chi connectivity index (χ2v) is 7.35. The molecule has 0 aromatic heterocycles. The Labute approximate surface area is 153 Å². The van der Waals surface area contributed by atoms with Crippen LogP contribution < -0.4 is 10.1 Å². The Morgan fingerprint density at radius 2 is 1.88 bits per heavy atom. The van der Waals surface area contributed by atoms with Crippen LogP contribution in [0.4, 0.5) is 8.78 Å². The number of likely N-dealkylation sites (tertiary alicyclic amines) is 1. The molecule has 1 amide bonds. The minimum absolute atomic E-state index is 0.0777. The molecule has 2 fully saturated rings. The maximum atomic E-state index is 12.3. The van der Waals surface area contributed by atoms with Crippen molar-refractivity contribution in [2.75, 3.05) is 19.6 Å². The van der Waals surface area contributed by atoms with Gasteiger partial charge in [-0.05, 0) is 62.3 Å². The van der Waals surface area contributed by atoms with Gasteiger partial charge in [0, 0.05) is 12.6 Å². The number of piperidine rings is 1. The molecule has 1 aromatic carbocycles. The van der Waals surface area contributed by atoms with Gasteiger partial charge >= 0.3 is 6.61 Å². The molecule has 2 aliphatic rings. The van der Waals surface area contributed by atoms with E-state index < -0.39 is 6.61 Å². The van der Waals surface area contributed by atoms with Gasteiger partial charge in [-0.3, -0.25) is 9.69 Å². The number of alkyl halides is 2. The van der Waals surface area contributed by atoms with Gasteiger partial charge in [-0.25, -0.2) is 0 Å². The molecule has 1 aliphatic heterocycles. The maximum absolute atomic E-state index is 12.3. The highest BCUT2D eigenvalue weighted by molar-refractivity contribution is 5.78. The molecule has 1 saturated heterocycles. The average Bonchev–Trinajstić information content (AvgIpc) is 2.63. The molecule has 4 nitrogen and oxygen atoms in total. The topological polar surface area (TPSA) is 41.6 Å². The molecule has 1 aliphatic carbocycles. The third-order valence-corrected chi connectivity index (χ3v) is 5.59. The number of hydrogen-bond donors (Lipinski definition) is 1. The first-order valence-electron chi connectivity index (χ1n) is 9.66. The van der Waals surface area contributed by atoms with Gasteiger partial charge in [0.2, 0.25) is 5.91 Å². The fourth-order valence-electron chi connectivity index (χ4n) is 4.35. The number of halogens is 2. The molecular weight excluding hydrogens is 338 g/mol. The Kier molecular flexibility index (Phi) is 6.83. The van der Waals surface area contributed by atoms with Crippen molar-refractivity contribution in [3.05, 3.63) is 29.8 Å². The monoisotopic (exact) mass is 366 g/mol. The van der Waals surface area contributed by atoms with Crippen LogP contribution in [-0.2, 0) is 11.2 Å². The fourth-order valence-corrected chi connectivity index (χ4v) is 4.35. The number of ether oxygens (including phenoxy) is 1. The van der Waals surface area contributed by atoms with Gasteiger partial charge in [0.05, 0.1) is 6.54 Å². The van der Waals surface area contributed by atoms with E-state index in [9.17, 15) is 13.6 Å². The van der Waals surface area contributed by atoms with Crippen molar-refractivity contribution < 1.29 is 18.3 Å². The lowest BCUT2D eigenvalue weighted by Gasteiger charge is -2.43.